The second-order valence-corrected chi connectivity index (χ2v) is 7.05. The fourth-order valence-corrected chi connectivity index (χ4v) is 3.57. The molecule has 0 fully saturated rings. The maximum absolute atomic E-state index is 13.0. The standard InChI is InChI=1S/C23H21N3O2/c1-15-12-18-6-3-4-9-21(18)26(15)23(28)19-10-11-22(24-14-19)25-20-8-5-7-17(13-20)16(2)27/h3-11,13-15H,12H2,1-2H3,(H,24,25). The lowest BCUT2D eigenvalue weighted by Gasteiger charge is -2.22. The molecule has 1 atom stereocenters. The molecule has 4 rings (SSSR count). The van der Waals surface area contributed by atoms with Crippen LogP contribution in [0.5, 0.6) is 0 Å². The molecule has 5 nitrogen and oxygen atoms in total. The number of Topliss-reactive ketones (excluding diaryl/α,β-unsaturated/α-hetero) is 1. The lowest BCUT2D eigenvalue weighted by molar-refractivity contribution is 0.0979. The number of carbonyl (C=O) groups excluding carboxylic acids is 2. The molecule has 1 amide bonds. The molecule has 140 valence electrons. The van der Waals surface area contributed by atoms with Crippen molar-refractivity contribution in [2.24, 2.45) is 0 Å². The van der Waals surface area contributed by atoms with Gasteiger partial charge in [0.1, 0.15) is 5.82 Å². The highest BCUT2D eigenvalue weighted by Crippen LogP contribution is 2.33. The third kappa shape index (κ3) is 3.39. The predicted octanol–water partition coefficient (Wildman–Crippen LogP) is 4.62. The van der Waals surface area contributed by atoms with Crippen molar-refractivity contribution in [2.75, 3.05) is 10.2 Å². The van der Waals surface area contributed by atoms with Gasteiger partial charge in [-0.15, -0.1) is 0 Å². The van der Waals surface area contributed by atoms with Gasteiger partial charge in [0.2, 0.25) is 0 Å². The molecule has 5 heteroatoms. The van der Waals surface area contributed by atoms with E-state index in [0.717, 1.165) is 17.8 Å². The summed E-state index contributed by atoms with van der Waals surface area (Å²) in [6, 6.07) is 18.9. The van der Waals surface area contributed by atoms with Gasteiger partial charge in [0, 0.05) is 29.2 Å². The molecule has 0 radical (unpaired) electrons. The number of amides is 1. The highest BCUT2D eigenvalue weighted by atomic mass is 16.2. The monoisotopic (exact) mass is 371 g/mol. The second kappa shape index (κ2) is 7.27. The Balaban J connectivity index is 1.53. The van der Waals surface area contributed by atoms with Gasteiger partial charge < -0.3 is 10.2 Å². The molecule has 2 heterocycles. The fraction of sp³-hybridized carbons (Fsp3) is 0.174. The van der Waals surface area contributed by atoms with Crippen LogP contribution in [0.1, 0.15) is 40.1 Å². The topological polar surface area (TPSA) is 62.3 Å². The molecule has 0 spiro atoms. The first-order valence-corrected chi connectivity index (χ1v) is 9.28. The van der Waals surface area contributed by atoms with Gasteiger partial charge >= 0.3 is 0 Å². The summed E-state index contributed by atoms with van der Waals surface area (Å²) in [5.41, 5.74) is 4.13. The molecule has 2 aromatic carbocycles. The van der Waals surface area contributed by atoms with Crippen molar-refractivity contribution in [2.45, 2.75) is 26.3 Å². The third-order valence-electron chi connectivity index (χ3n) is 4.98. The molecule has 0 saturated carbocycles. The summed E-state index contributed by atoms with van der Waals surface area (Å²) in [7, 11) is 0. The zero-order chi connectivity index (χ0) is 19.7. The summed E-state index contributed by atoms with van der Waals surface area (Å²) >= 11 is 0. The molecule has 0 bridgehead atoms. The smallest absolute Gasteiger partial charge is 0.260 e. The Morgan fingerprint density at radius 3 is 2.61 bits per heavy atom. The van der Waals surface area contributed by atoms with Crippen molar-refractivity contribution < 1.29 is 9.59 Å². The molecule has 1 aromatic heterocycles. The number of aromatic nitrogens is 1. The molecule has 1 N–H and O–H groups in total. The van der Waals surface area contributed by atoms with E-state index in [9.17, 15) is 9.59 Å². The van der Waals surface area contributed by atoms with E-state index in [1.807, 2.05) is 35.2 Å². The fourth-order valence-electron chi connectivity index (χ4n) is 3.57. The Morgan fingerprint density at radius 2 is 1.86 bits per heavy atom. The minimum Gasteiger partial charge on any atom is -0.340 e. The quantitative estimate of drug-likeness (QED) is 0.680. The molecule has 0 aliphatic carbocycles. The number of anilines is 3. The molecule has 1 aliphatic heterocycles. The summed E-state index contributed by atoms with van der Waals surface area (Å²) in [5, 5.41) is 3.17. The normalized spacial score (nSPS) is 15.2. The van der Waals surface area contributed by atoms with Crippen molar-refractivity contribution in [3.8, 4) is 0 Å². The number of fused-ring (bicyclic) bond motifs is 1. The predicted molar refractivity (Wildman–Crippen MR) is 110 cm³/mol. The van der Waals surface area contributed by atoms with Crippen LogP contribution in [-0.4, -0.2) is 22.7 Å². The van der Waals surface area contributed by atoms with Gasteiger partial charge in [0.15, 0.2) is 5.78 Å². The number of pyridine rings is 1. The van der Waals surface area contributed by atoms with E-state index < -0.39 is 0 Å². The molecule has 1 unspecified atom stereocenters. The summed E-state index contributed by atoms with van der Waals surface area (Å²) in [4.78, 5) is 30.8. The number of carbonyl (C=O) groups is 2. The molecular weight excluding hydrogens is 350 g/mol. The third-order valence-corrected chi connectivity index (χ3v) is 4.98. The van der Waals surface area contributed by atoms with E-state index in [2.05, 4.69) is 23.3 Å². The van der Waals surface area contributed by atoms with E-state index in [-0.39, 0.29) is 17.7 Å². The lowest BCUT2D eigenvalue weighted by Crippen LogP contribution is -2.35. The lowest BCUT2D eigenvalue weighted by atomic mass is 10.1. The number of hydrogen-bond donors (Lipinski definition) is 1. The van der Waals surface area contributed by atoms with Crippen LogP contribution >= 0.6 is 0 Å². The van der Waals surface area contributed by atoms with Gasteiger partial charge in [0.05, 0.1) is 5.56 Å². The van der Waals surface area contributed by atoms with Gasteiger partial charge in [-0.2, -0.15) is 0 Å². The maximum Gasteiger partial charge on any atom is 0.260 e. The van der Waals surface area contributed by atoms with Gasteiger partial charge in [0.25, 0.3) is 5.91 Å². The van der Waals surface area contributed by atoms with Crippen molar-refractivity contribution >= 4 is 28.9 Å². The van der Waals surface area contributed by atoms with Crippen LogP contribution in [0.25, 0.3) is 0 Å². The van der Waals surface area contributed by atoms with Crippen molar-refractivity contribution in [3.05, 3.63) is 83.6 Å². The molecule has 1 aliphatic rings. The van der Waals surface area contributed by atoms with Crippen LogP contribution in [0, 0.1) is 0 Å². The number of rotatable bonds is 4. The van der Waals surface area contributed by atoms with Crippen LogP contribution in [0.15, 0.2) is 66.9 Å². The highest BCUT2D eigenvalue weighted by Gasteiger charge is 2.31. The Bertz CT molecular complexity index is 1040. The maximum atomic E-state index is 13.0. The molecule has 28 heavy (non-hydrogen) atoms. The Morgan fingerprint density at radius 1 is 1.04 bits per heavy atom. The van der Waals surface area contributed by atoms with Gasteiger partial charge in [-0.05, 0) is 56.2 Å². The van der Waals surface area contributed by atoms with E-state index in [4.69, 9.17) is 0 Å². The molecule has 0 saturated heterocycles. The van der Waals surface area contributed by atoms with Crippen LogP contribution < -0.4 is 10.2 Å². The summed E-state index contributed by atoms with van der Waals surface area (Å²) in [5.74, 6) is 0.583. The van der Waals surface area contributed by atoms with Crippen molar-refractivity contribution in [1.29, 1.82) is 0 Å². The number of nitrogens with one attached hydrogen (secondary N) is 1. The Hall–Kier alpha value is -3.47. The second-order valence-electron chi connectivity index (χ2n) is 7.05. The van der Waals surface area contributed by atoms with Gasteiger partial charge in [-0.3, -0.25) is 9.59 Å². The van der Waals surface area contributed by atoms with Crippen LogP contribution in [0.2, 0.25) is 0 Å². The highest BCUT2D eigenvalue weighted by molar-refractivity contribution is 6.07. The van der Waals surface area contributed by atoms with E-state index in [1.54, 1.807) is 30.5 Å². The first kappa shape index (κ1) is 17.9. The van der Waals surface area contributed by atoms with Crippen molar-refractivity contribution in [3.63, 3.8) is 0 Å². The Kier molecular flexibility index (Phi) is 4.65. The van der Waals surface area contributed by atoms with Crippen LogP contribution in [0.3, 0.4) is 0 Å². The van der Waals surface area contributed by atoms with Gasteiger partial charge in [-0.25, -0.2) is 4.98 Å². The van der Waals surface area contributed by atoms with Crippen molar-refractivity contribution in [1.82, 2.24) is 4.98 Å². The SMILES string of the molecule is CC(=O)c1cccc(Nc2ccc(C(=O)N3c4ccccc4CC3C)cn2)c1. The molecule has 3 aromatic rings. The van der Waals surface area contributed by atoms with Crippen LogP contribution in [0.4, 0.5) is 17.2 Å². The van der Waals surface area contributed by atoms with Crippen LogP contribution in [-0.2, 0) is 6.42 Å². The Labute approximate surface area is 164 Å². The summed E-state index contributed by atoms with van der Waals surface area (Å²) < 4.78 is 0. The average molecular weight is 371 g/mol. The number of benzene rings is 2. The largest absolute Gasteiger partial charge is 0.340 e. The average Bonchev–Trinajstić information content (AvgIpc) is 3.04. The van der Waals surface area contributed by atoms with E-state index >= 15 is 0 Å². The first-order chi connectivity index (χ1) is 13.5. The van der Waals surface area contributed by atoms with Gasteiger partial charge in [-0.1, -0.05) is 30.3 Å². The first-order valence-electron chi connectivity index (χ1n) is 9.28. The minimum atomic E-state index is -0.0462. The number of nitrogens with zero attached hydrogens (tertiary/aromatic N) is 2. The summed E-state index contributed by atoms with van der Waals surface area (Å²) in [6.07, 6.45) is 2.45. The van der Waals surface area contributed by atoms with E-state index in [1.165, 1.54) is 12.5 Å². The number of hydrogen-bond acceptors (Lipinski definition) is 4. The number of para-hydroxylation sites is 1. The van der Waals surface area contributed by atoms with E-state index in [0.29, 0.717) is 16.9 Å². The summed E-state index contributed by atoms with van der Waals surface area (Å²) in [6.45, 7) is 3.60. The molecular formula is C23H21N3O2. The minimum absolute atomic E-state index is 0.0116. The number of ketones is 1. The zero-order valence-electron chi connectivity index (χ0n) is 15.8. The zero-order valence-corrected chi connectivity index (χ0v) is 15.8.